The van der Waals surface area contributed by atoms with Crippen LogP contribution in [0.3, 0.4) is 0 Å². The Morgan fingerprint density at radius 2 is 2.38 bits per heavy atom. The summed E-state index contributed by atoms with van der Waals surface area (Å²) >= 11 is 0. The van der Waals surface area contributed by atoms with Gasteiger partial charge in [0.2, 0.25) is 0 Å². The molecule has 0 bridgehead atoms. The molecule has 0 aliphatic heterocycles. The van der Waals surface area contributed by atoms with Crippen LogP contribution >= 0.6 is 0 Å². The summed E-state index contributed by atoms with van der Waals surface area (Å²) < 4.78 is 1.79. The topological polar surface area (TPSA) is 74.5 Å². The molecule has 0 saturated heterocycles. The fraction of sp³-hybridized carbons (Fsp3) is 0.600. The van der Waals surface area contributed by atoms with Crippen molar-refractivity contribution in [2.24, 2.45) is 12.0 Å². The highest BCUT2D eigenvalue weighted by atomic mass is 16.3. The van der Waals surface area contributed by atoms with Gasteiger partial charge in [0.25, 0.3) is 0 Å². The largest absolute Gasteiger partial charge is 0.395 e. The molecule has 0 radical (unpaired) electrons. The Labute approximate surface area is 95.4 Å². The molecule has 1 heterocycles. The van der Waals surface area contributed by atoms with E-state index in [1.165, 1.54) is 0 Å². The Hall–Kier alpha value is -1.56. The molecule has 3 N–H and O–H groups in total. The molecule has 0 amide bonds. The summed E-state index contributed by atoms with van der Waals surface area (Å²) in [4.78, 5) is 4.38. The third-order valence-corrected chi connectivity index (χ3v) is 2.07. The van der Waals surface area contributed by atoms with Crippen molar-refractivity contribution in [2.45, 2.75) is 13.5 Å². The van der Waals surface area contributed by atoms with Gasteiger partial charge in [0.15, 0.2) is 5.96 Å². The molecule has 16 heavy (non-hydrogen) atoms. The van der Waals surface area contributed by atoms with Crippen molar-refractivity contribution in [3.63, 3.8) is 0 Å². The van der Waals surface area contributed by atoms with E-state index >= 15 is 0 Å². The number of nitrogens with zero attached hydrogens (tertiary/aromatic N) is 3. The molecule has 90 valence electrons. The molecule has 0 unspecified atom stereocenters. The number of aliphatic hydroxyl groups excluding tert-OH is 1. The lowest BCUT2D eigenvalue weighted by molar-refractivity contribution is 0.300. The average Bonchev–Trinajstić information content (AvgIpc) is 2.68. The molecule has 1 rings (SSSR count). The van der Waals surface area contributed by atoms with E-state index in [0.29, 0.717) is 19.0 Å². The van der Waals surface area contributed by atoms with Crippen LogP contribution in [0.2, 0.25) is 0 Å². The summed E-state index contributed by atoms with van der Waals surface area (Å²) in [7, 11) is 1.89. The Bertz CT molecular complexity index is 334. The number of aliphatic hydroxyl groups is 1. The Morgan fingerprint density at radius 1 is 1.56 bits per heavy atom. The number of guanidine groups is 1. The first-order valence-electron chi connectivity index (χ1n) is 5.37. The first-order chi connectivity index (χ1) is 7.77. The van der Waals surface area contributed by atoms with Crippen molar-refractivity contribution in [3.05, 3.63) is 18.0 Å². The van der Waals surface area contributed by atoms with Crippen LogP contribution in [0, 0.1) is 0 Å². The maximum atomic E-state index is 8.72. The molecule has 6 heteroatoms. The maximum absolute atomic E-state index is 8.72. The van der Waals surface area contributed by atoms with Crippen molar-refractivity contribution >= 4 is 5.96 Å². The normalized spacial score (nSPS) is 11.6. The van der Waals surface area contributed by atoms with Crippen molar-refractivity contribution < 1.29 is 5.11 Å². The summed E-state index contributed by atoms with van der Waals surface area (Å²) in [5, 5.41) is 18.9. The predicted molar refractivity (Wildman–Crippen MR) is 63.1 cm³/mol. The quantitative estimate of drug-likeness (QED) is 0.465. The zero-order valence-corrected chi connectivity index (χ0v) is 9.77. The smallest absolute Gasteiger partial charge is 0.191 e. The van der Waals surface area contributed by atoms with Gasteiger partial charge < -0.3 is 15.7 Å². The van der Waals surface area contributed by atoms with Crippen molar-refractivity contribution in [2.75, 3.05) is 19.7 Å². The van der Waals surface area contributed by atoms with Crippen LogP contribution in [0.15, 0.2) is 17.3 Å². The van der Waals surface area contributed by atoms with E-state index in [1.807, 2.05) is 20.0 Å². The van der Waals surface area contributed by atoms with E-state index in [0.717, 1.165) is 12.2 Å². The maximum Gasteiger partial charge on any atom is 0.191 e. The van der Waals surface area contributed by atoms with Gasteiger partial charge in [-0.2, -0.15) is 5.10 Å². The van der Waals surface area contributed by atoms with Crippen LogP contribution in [0.1, 0.15) is 12.6 Å². The molecule has 0 aliphatic rings. The third-order valence-electron chi connectivity index (χ3n) is 2.07. The van der Waals surface area contributed by atoms with E-state index in [4.69, 9.17) is 5.11 Å². The number of hydrogen-bond donors (Lipinski definition) is 3. The van der Waals surface area contributed by atoms with Crippen LogP contribution < -0.4 is 10.6 Å². The van der Waals surface area contributed by atoms with Crippen LogP contribution in [0.25, 0.3) is 0 Å². The van der Waals surface area contributed by atoms with Crippen molar-refractivity contribution in [1.82, 2.24) is 20.4 Å². The molecule has 6 nitrogen and oxygen atoms in total. The summed E-state index contributed by atoms with van der Waals surface area (Å²) in [6, 6.07) is 1.93. The van der Waals surface area contributed by atoms with E-state index in [2.05, 4.69) is 20.7 Å². The van der Waals surface area contributed by atoms with E-state index in [1.54, 1.807) is 10.9 Å². The van der Waals surface area contributed by atoms with Crippen LogP contribution in [-0.4, -0.2) is 40.5 Å². The zero-order chi connectivity index (χ0) is 11.8. The van der Waals surface area contributed by atoms with Gasteiger partial charge in [-0.15, -0.1) is 0 Å². The monoisotopic (exact) mass is 225 g/mol. The summed E-state index contributed by atoms with van der Waals surface area (Å²) in [5.41, 5.74) is 1.04. The van der Waals surface area contributed by atoms with Gasteiger partial charge in [-0.05, 0) is 13.0 Å². The lowest BCUT2D eigenvalue weighted by Gasteiger charge is -2.09. The minimum Gasteiger partial charge on any atom is -0.395 e. The highest BCUT2D eigenvalue weighted by Crippen LogP contribution is 1.97. The zero-order valence-electron chi connectivity index (χ0n) is 9.77. The second-order valence-corrected chi connectivity index (χ2v) is 3.29. The second kappa shape index (κ2) is 6.84. The highest BCUT2D eigenvalue weighted by molar-refractivity contribution is 5.79. The lowest BCUT2D eigenvalue weighted by atomic mass is 10.4. The van der Waals surface area contributed by atoms with Gasteiger partial charge in [-0.1, -0.05) is 0 Å². The minimum absolute atomic E-state index is 0.0934. The number of aryl methyl sites for hydroxylation is 1. The molecular weight excluding hydrogens is 206 g/mol. The Kier molecular flexibility index (Phi) is 5.35. The van der Waals surface area contributed by atoms with Gasteiger partial charge in [0.1, 0.15) is 0 Å². The fourth-order valence-electron chi connectivity index (χ4n) is 1.23. The molecule has 0 aliphatic carbocycles. The lowest BCUT2D eigenvalue weighted by Crippen LogP contribution is -2.38. The van der Waals surface area contributed by atoms with Crippen LogP contribution in [0.4, 0.5) is 0 Å². The van der Waals surface area contributed by atoms with Gasteiger partial charge in [-0.25, -0.2) is 4.99 Å². The molecule has 0 spiro atoms. The molecule has 0 atom stereocenters. The van der Waals surface area contributed by atoms with E-state index in [9.17, 15) is 0 Å². The van der Waals surface area contributed by atoms with Gasteiger partial charge in [0, 0.05) is 26.3 Å². The second-order valence-electron chi connectivity index (χ2n) is 3.29. The summed E-state index contributed by atoms with van der Waals surface area (Å²) in [6.45, 7) is 3.95. The van der Waals surface area contributed by atoms with E-state index in [-0.39, 0.29) is 6.61 Å². The SMILES string of the molecule is CCNC(=NCc1ccnn1C)NCCO. The summed E-state index contributed by atoms with van der Waals surface area (Å²) in [6.07, 6.45) is 1.75. The summed E-state index contributed by atoms with van der Waals surface area (Å²) in [5.74, 6) is 0.706. The molecule has 1 aromatic rings. The van der Waals surface area contributed by atoms with Crippen molar-refractivity contribution in [3.8, 4) is 0 Å². The molecule has 1 aromatic heterocycles. The first kappa shape index (κ1) is 12.5. The van der Waals surface area contributed by atoms with Crippen LogP contribution in [0.5, 0.6) is 0 Å². The number of rotatable bonds is 5. The fourth-order valence-corrected chi connectivity index (χ4v) is 1.23. The number of nitrogens with one attached hydrogen (secondary N) is 2. The molecule has 0 fully saturated rings. The Balaban J connectivity index is 2.53. The molecule has 0 aromatic carbocycles. The number of aliphatic imine (C=N–C) groups is 1. The molecule has 0 saturated carbocycles. The minimum atomic E-state index is 0.0934. The average molecular weight is 225 g/mol. The van der Waals surface area contributed by atoms with Gasteiger partial charge in [0.05, 0.1) is 18.8 Å². The standard InChI is InChI=1S/C10H19N5O/c1-3-11-10(12-6-7-16)13-8-9-4-5-14-15(9)2/h4-5,16H,3,6-8H2,1-2H3,(H2,11,12,13). The number of hydrogen-bond acceptors (Lipinski definition) is 3. The van der Waals surface area contributed by atoms with Gasteiger partial charge in [-0.3, -0.25) is 4.68 Å². The number of aromatic nitrogens is 2. The third kappa shape index (κ3) is 3.90. The first-order valence-corrected chi connectivity index (χ1v) is 5.37. The van der Waals surface area contributed by atoms with Crippen LogP contribution in [-0.2, 0) is 13.6 Å². The predicted octanol–water partition coefficient (Wildman–Crippen LogP) is -0.532. The van der Waals surface area contributed by atoms with Crippen molar-refractivity contribution in [1.29, 1.82) is 0 Å². The van der Waals surface area contributed by atoms with E-state index < -0.39 is 0 Å². The highest BCUT2D eigenvalue weighted by Gasteiger charge is 1.99. The molecular formula is C10H19N5O. The Morgan fingerprint density at radius 3 is 2.94 bits per heavy atom. The van der Waals surface area contributed by atoms with Gasteiger partial charge >= 0.3 is 0 Å².